The van der Waals surface area contributed by atoms with Crippen molar-refractivity contribution in [2.45, 2.75) is 50.7 Å². The normalized spacial score (nSPS) is 45.7. The van der Waals surface area contributed by atoms with Crippen molar-refractivity contribution < 1.29 is 9.84 Å². The van der Waals surface area contributed by atoms with Gasteiger partial charge in [-0.05, 0) is 50.4 Å². The van der Waals surface area contributed by atoms with Gasteiger partial charge in [0.05, 0.1) is 12.2 Å². The summed E-state index contributed by atoms with van der Waals surface area (Å²) in [5.41, 5.74) is 0. The number of aliphatic hydroxyl groups excluding tert-OH is 1. The van der Waals surface area contributed by atoms with Crippen LogP contribution in [0.3, 0.4) is 0 Å². The Morgan fingerprint density at radius 2 is 1.77 bits per heavy atom. The lowest BCUT2D eigenvalue weighted by Gasteiger charge is -2.40. The first kappa shape index (κ1) is 9.47. The largest absolute Gasteiger partial charge is 0.393 e. The van der Waals surface area contributed by atoms with Gasteiger partial charge in [-0.25, -0.2) is 0 Å². The van der Waals surface area contributed by atoms with E-state index in [-0.39, 0.29) is 6.10 Å². The van der Waals surface area contributed by atoms with Gasteiger partial charge in [-0.15, -0.1) is 0 Å². The molecule has 0 unspecified atom stereocenters. The minimum absolute atomic E-state index is 0.0307. The monoisotopic (exact) mass is 184 g/mol. The summed E-state index contributed by atoms with van der Waals surface area (Å²) in [6.07, 6.45) is 7.44. The molecule has 2 nitrogen and oxygen atoms in total. The van der Waals surface area contributed by atoms with Gasteiger partial charge in [-0.2, -0.15) is 0 Å². The van der Waals surface area contributed by atoms with Gasteiger partial charge in [0.25, 0.3) is 0 Å². The molecule has 0 radical (unpaired) electrons. The molecule has 0 bridgehead atoms. The molecule has 2 heteroatoms. The SMILES string of the molecule is CO[C@@H]1CC[C@H]2CC[C@H](O)C[C@@H]2C1. The van der Waals surface area contributed by atoms with Crippen molar-refractivity contribution in [1.82, 2.24) is 0 Å². The second kappa shape index (κ2) is 3.97. The lowest BCUT2D eigenvalue weighted by atomic mass is 9.69. The summed E-state index contributed by atoms with van der Waals surface area (Å²) in [6, 6.07) is 0. The molecule has 76 valence electrons. The highest BCUT2D eigenvalue weighted by molar-refractivity contribution is 4.86. The van der Waals surface area contributed by atoms with E-state index < -0.39 is 0 Å². The molecule has 0 amide bonds. The molecule has 0 aromatic heterocycles. The average molecular weight is 184 g/mol. The molecule has 2 aliphatic carbocycles. The van der Waals surface area contributed by atoms with Gasteiger partial charge in [0.15, 0.2) is 0 Å². The van der Waals surface area contributed by atoms with Gasteiger partial charge in [0.1, 0.15) is 0 Å². The average Bonchev–Trinajstić information content (AvgIpc) is 2.16. The Morgan fingerprint density at radius 3 is 2.54 bits per heavy atom. The standard InChI is InChI=1S/C11H20O2/c1-13-11-5-3-8-2-4-10(12)6-9(8)7-11/h8-12H,2-7H2,1H3/t8-,9-,10+,11-/m1/s1. The third-order valence-electron chi connectivity index (χ3n) is 3.87. The van der Waals surface area contributed by atoms with E-state index in [1.807, 2.05) is 7.11 Å². The van der Waals surface area contributed by atoms with Gasteiger partial charge in [0.2, 0.25) is 0 Å². The summed E-state index contributed by atoms with van der Waals surface area (Å²) in [5, 5.41) is 9.57. The van der Waals surface area contributed by atoms with Crippen LogP contribution in [0.2, 0.25) is 0 Å². The molecule has 0 aliphatic heterocycles. The van der Waals surface area contributed by atoms with Gasteiger partial charge >= 0.3 is 0 Å². The fourth-order valence-corrected chi connectivity index (χ4v) is 3.04. The summed E-state index contributed by atoms with van der Waals surface area (Å²) in [6.45, 7) is 0. The minimum atomic E-state index is -0.0307. The maximum atomic E-state index is 9.57. The Kier molecular flexibility index (Phi) is 2.89. The van der Waals surface area contributed by atoms with Crippen LogP contribution < -0.4 is 0 Å². The molecule has 4 atom stereocenters. The number of rotatable bonds is 1. The van der Waals surface area contributed by atoms with Crippen LogP contribution in [0.4, 0.5) is 0 Å². The van der Waals surface area contributed by atoms with E-state index in [9.17, 15) is 5.11 Å². The zero-order valence-electron chi connectivity index (χ0n) is 8.41. The van der Waals surface area contributed by atoms with Gasteiger partial charge in [0, 0.05) is 7.11 Å². The number of aliphatic hydroxyl groups is 1. The van der Waals surface area contributed by atoms with Crippen molar-refractivity contribution in [1.29, 1.82) is 0 Å². The Labute approximate surface area is 80.3 Å². The number of hydrogen-bond acceptors (Lipinski definition) is 2. The molecule has 2 rings (SSSR count). The molecular formula is C11H20O2. The summed E-state index contributed by atoms with van der Waals surface area (Å²) in [5.74, 6) is 1.62. The number of methoxy groups -OCH3 is 1. The molecule has 0 heterocycles. The van der Waals surface area contributed by atoms with E-state index in [1.54, 1.807) is 0 Å². The number of fused-ring (bicyclic) bond motifs is 1. The molecule has 2 saturated carbocycles. The summed E-state index contributed by atoms with van der Waals surface area (Å²) >= 11 is 0. The Morgan fingerprint density at radius 1 is 1.00 bits per heavy atom. The van der Waals surface area contributed by atoms with E-state index >= 15 is 0 Å². The zero-order chi connectivity index (χ0) is 9.26. The molecule has 0 saturated heterocycles. The van der Waals surface area contributed by atoms with Crippen molar-refractivity contribution in [2.24, 2.45) is 11.8 Å². The smallest absolute Gasteiger partial charge is 0.0574 e. The number of ether oxygens (including phenoxy) is 1. The lowest BCUT2D eigenvalue weighted by Crippen LogP contribution is -2.35. The van der Waals surface area contributed by atoms with Gasteiger partial charge in [-0.3, -0.25) is 0 Å². The summed E-state index contributed by atoms with van der Waals surface area (Å²) in [7, 11) is 1.81. The topological polar surface area (TPSA) is 29.5 Å². The van der Waals surface area contributed by atoms with Crippen LogP contribution in [-0.2, 0) is 4.74 Å². The van der Waals surface area contributed by atoms with Crippen molar-refractivity contribution in [3.8, 4) is 0 Å². The Hall–Kier alpha value is -0.0800. The first-order chi connectivity index (χ1) is 6.29. The van der Waals surface area contributed by atoms with Crippen LogP contribution in [0, 0.1) is 11.8 Å². The maximum absolute atomic E-state index is 9.57. The second-order valence-electron chi connectivity index (χ2n) is 4.66. The third-order valence-corrected chi connectivity index (χ3v) is 3.87. The Balaban J connectivity index is 1.91. The minimum Gasteiger partial charge on any atom is -0.393 e. The van der Waals surface area contributed by atoms with E-state index in [0.29, 0.717) is 6.10 Å². The van der Waals surface area contributed by atoms with E-state index in [0.717, 1.165) is 24.7 Å². The second-order valence-corrected chi connectivity index (χ2v) is 4.66. The van der Waals surface area contributed by atoms with Crippen LogP contribution in [-0.4, -0.2) is 24.4 Å². The molecule has 2 aliphatic rings. The first-order valence-electron chi connectivity index (χ1n) is 5.50. The molecule has 2 fully saturated rings. The van der Waals surface area contributed by atoms with Crippen molar-refractivity contribution in [3.63, 3.8) is 0 Å². The van der Waals surface area contributed by atoms with Crippen molar-refractivity contribution >= 4 is 0 Å². The maximum Gasteiger partial charge on any atom is 0.0574 e. The summed E-state index contributed by atoms with van der Waals surface area (Å²) < 4.78 is 5.39. The highest BCUT2D eigenvalue weighted by atomic mass is 16.5. The Bertz CT molecular complexity index is 169. The molecule has 0 aromatic carbocycles. The number of hydrogen-bond donors (Lipinski definition) is 1. The van der Waals surface area contributed by atoms with Crippen LogP contribution in [0.1, 0.15) is 38.5 Å². The predicted octanol–water partition coefficient (Wildman–Crippen LogP) is 1.96. The highest BCUT2D eigenvalue weighted by Gasteiger charge is 2.34. The third kappa shape index (κ3) is 2.05. The fraction of sp³-hybridized carbons (Fsp3) is 1.00. The molecular weight excluding hydrogens is 164 g/mol. The zero-order valence-corrected chi connectivity index (χ0v) is 8.41. The highest BCUT2D eigenvalue weighted by Crippen LogP contribution is 2.41. The van der Waals surface area contributed by atoms with Crippen LogP contribution in [0.5, 0.6) is 0 Å². The predicted molar refractivity (Wildman–Crippen MR) is 51.5 cm³/mol. The van der Waals surface area contributed by atoms with E-state index in [1.165, 1.54) is 25.7 Å². The van der Waals surface area contributed by atoms with Crippen molar-refractivity contribution in [2.75, 3.05) is 7.11 Å². The van der Waals surface area contributed by atoms with Crippen LogP contribution in [0.25, 0.3) is 0 Å². The fourth-order valence-electron chi connectivity index (χ4n) is 3.04. The molecule has 0 spiro atoms. The van der Waals surface area contributed by atoms with Crippen molar-refractivity contribution in [3.05, 3.63) is 0 Å². The first-order valence-corrected chi connectivity index (χ1v) is 5.50. The van der Waals surface area contributed by atoms with Gasteiger partial charge in [-0.1, -0.05) is 0 Å². The van der Waals surface area contributed by atoms with Crippen LogP contribution >= 0.6 is 0 Å². The van der Waals surface area contributed by atoms with E-state index in [2.05, 4.69) is 0 Å². The molecule has 13 heavy (non-hydrogen) atoms. The van der Waals surface area contributed by atoms with E-state index in [4.69, 9.17) is 4.74 Å². The summed E-state index contributed by atoms with van der Waals surface area (Å²) in [4.78, 5) is 0. The molecule has 0 aromatic rings. The van der Waals surface area contributed by atoms with Crippen LogP contribution in [0.15, 0.2) is 0 Å². The quantitative estimate of drug-likeness (QED) is 0.675. The molecule has 1 N–H and O–H groups in total. The lowest BCUT2D eigenvalue weighted by molar-refractivity contribution is -0.0142. The van der Waals surface area contributed by atoms with Gasteiger partial charge < -0.3 is 9.84 Å².